The van der Waals surface area contributed by atoms with Crippen LogP contribution in [0.15, 0.2) is 29.2 Å². The number of ether oxygens (including phenoxy) is 1. The van der Waals surface area contributed by atoms with Crippen molar-refractivity contribution in [1.29, 1.82) is 0 Å². The van der Waals surface area contributed by atoms with Crippen molar-refractivity contribution < 1.29 is 13.2 Å². The van der Waals surface area contributed by atoms with Gasteiger partial charge < -0.3 is 4.74 Å². The van der Waals surface area contributed by atoms with Crippen LogP contribution in [0.25, 0.3) is 0 Å². The Morgan fingerprint density at radius 2 is 2.05 bits per heavy atom. The monoisotopic (exact) mass is 297 g/mol. The molecule has 5 heteroatoms. The molecule has 1 aliphatic heterocycles. The van der Waals surface area contributed by atoms with Gasteiger partial charge in [0.15, 0.2) is 0 Å². The smallest absolute Gasteiger partial charge is 0.240 e. The van der Waals surface area contributed by atoms with Gasteiger partial charge >= 0.3 is 0 Å². The van der Waals surface area contributed by atoms with Gasteiger partial charge in [-0.05, 0) is 43.4 Å². The largest absolute Gasteiger partial charge is 0.377 e. The molecule has 1 fully saturated rings. The van der Waals surface area contributed by atoms with Crippen molar-refractivity contribution in [2.75, 3.05) is 13.2 Å². The number of unbranched alkanes of at least 4 members (excludes halogenated alkanes) is 1. The summed E-state index contributed by atoms with van der Waals surface area (Å²) in [5.41, 5.74) is 1.19. The van der Waals surface area contributed by atoms with E-state index < -0.39 is 10.0 Å². The lowest BCUT2D eigenvalue weighted by Gasteiger charge is -2.11. The summed E-state index contributed by atoms with van der Waals surface area (Å²) in [7, 11) is -3.42. The number of sulfonamides is 1. The summed E-state index contributed by atoms with van der Waals surface area (Å²) in [5, 5.41) is 0. The summed E-state index contributed by atoms with van der Waals surface area (Å²) in [5.74, 6) is 0. The van der Waals surface area contributed by atoms with Gasteiger partial charge in [-0.25, -0.2) is 13.1 Å². The zero-order chi connectivity index (χ0) is 14.4. The van der Waals surface area contributed by atoms with E-state index in [1.165, 1.54) is 5.56 Å². The quantitative estimate of drug-likeness (QED) is 0.841. The summed E-state index contributed by atoms with van der Waals surface area (Å²) in [4.78, 5) is 0.329. The highest BCUT2D eigenvalue weighted by Crippen LogP contribution is 2.14. The molecule has 20 heavy (non-hydrogen) atoms. The summed E-state index contributed by atoms with van der Waals surface area (Å²) in [6.07, 6.45) is 5.23. The molecule has 0 radical (unpaired) electrons. The van der Waals surface area contributed by atoms with Crippen LogP contribution in [0.3, 0.4) is 0 Å². The standard InChI is InChI=1S/C15H23NO3S/c1-2-3-5-13-7-9-15(10-8-13)20(17,18)16-12-14-6-4-11-19-14/h7-10,14,16H,2-6,11-12H2,1H3. The molecule has 2 rings (SSSR count). The average molecular weight is 297 g/mol. The third-order valence-corrected chi connectivity index (χ3v) is 5.02. The molecular weight excluding hydrogens is 274 g/mol. The fourth-order valence-corrected chi connectivity index (χ4v) is 3.37. The highest BCUT2D eigenvalue weighted by atomic mass is 32.2. The molecule has 1 unspecified atom stereocenters. The molecule has 1 heterocycles. The highest BCUT2D eigenvalue weighted by molar-refractivity contribution is 7.89. The Morgan fingerprint density at radius 3 is 2.65 bits per heavy atom. The zero-order valence-corrected chi connectivity index (χ0v) is 12.8. The summed E-state index contributed by atoms with van der Waals surface area (Å²) in [6, 6.07) is 7.16. The molecule has 0 spiro atoms. The van der Waals surface area contributed by atoms with E-state index in [0.717, 1.165) is 38.7 Å². The van der Waals surface area contributed by atoms with Crippen molar-refractivity contribution in [2.24, 2.45) is 0 Å². The second kappa shape index (κ2) is 7.20. The van der Waals surface area contributed by atoms with Gasteiger partial charge in [-0.2, -0.15) is 0 Å². The number of nitrogens with one attached hydrogen (secondary N) is 1. The van der Waals surface area contributed by atoms with Crippen molar-refractivity contribution in [3.8, 4) is 0 Å². The van der Waals surface area contributed by atoms with Crippen LogP contribution in [0, 0.1) is 0 Å². The molecule has 1 aromatic carbocycles. The number of aryl methyl sites for hydroxylation is 1. The molecule has 1 saturated heterocycles. The predicted molar refractivity (Wildman–Crippen MR) is 79.2 cm³/mol. The van der Waals surface area contributed by atoms with E-state index >= 15 is 0 Å². The van der Waals surface area contributed by atoms with Crippen LogP contribution in [-0.2, 0) is 21.2 Å². The lowest BCUT2D eigenvalue weighted by Crippen LogP contribution is -2.31. The highest BCUT2D eigenvalue weighted by Gasteiger charge is 2.20. The van der Waals surface area contributed by atoms with Crippen LogP contribution in [0.4, 0.5) is 0 Å². The van der Waals surface area contributed by atoms with Crippen molar-refractivity contribution in [3.63, 3.8) is 0 Å². The van der Waals surface area contributed by atoms with E-state index in [9.17, 15) is 8.42 Å². The third-order valence-electron chi connectivity index (χ3n) is 3.58. The lowest BCUT2D eigenvalue weighted by molar-refractivity contribution is 0.114. The molecule has 0 bridgehead atoms. The number of benzene rings is 1. The van der Waals surface area contributed by atoms with Crippen molar-refractivity contribution >= 4 is 10.0 Å². The Balaban J connectivity index is 1.94. The normalized spacial score (nSPS) is 19.4. The van der Waals surface area contributed by atoms with E-state index in [-0.39, 0.29) is 6.10 Å². The maximum Gasteiger partial charge on any atom is 0.240 e. The topological polar surface area (TPSA) is 55.4 Å². The first-order chi connectivity index (χ1) is 9.62. The molecule has 0 saturated carbocycles. The fourth-order valence-electron chi connectivity index (χ4n) is 2.31. The van der Waals surface area contributed by atoms with Gasteiger partial charge in [0.05, 0.1) is 11.0 Å². The van der Waals surface area contributed by atoms with E-state index in [1.54, 1.807) is 12.1 Å². The summed E-state index contributed by atoms with van der Waals surface area (Å²) in [6.45, 7) is 3.24. The molecule has 4 nitrogen and oxygen atoms in total. The van der Waals surface area contributed by atoms with Crippen molar-refractivity contribution in [1.82, 2.24) is 4.72 Å². The lowest BCUT2D eigenvalue weighted by atomic mass is 10.1. The average Bonchev–Trinajstić information content (AvgIpc) is 2.97. The van der Waals surface area contributed by atoms with Gasteiger partial charge in [-0.1, -0.05) is 25.5 Å². The Hall–Kier alpha value is -0.910. The minimum absolute atomic E-state index is 0.0219. The van der Waals surface area contributed by atoms with Crippen LogP contribution in [0.5, 0.6) is 0 Å². The van der Waals surface area contributed by atoms with Gasteiger partial charge in [0.25, 0.3) is 0 Å². The number of hydrogen-bond donors (Lipinski definition) is 1. The van der Waals surface area contributed by atoms with Crippen LogP contribution in [0.1, 0.15) is 38.2 Å². The van der Waals surface area contributed by atoms with Crippen molar-refractivity contribution in [2.45, 2.75) is 50.0 Å². The van der Waals surface area contributed by atoms with Gasteiger partial charge in [-0.3, -0.25) is 0 Å². The van der Waals surface area contributed by atoms with E-state index in [0.29, 0.717) is 11.4 Å². The number of rotatable bonds is 7. The van der Waals surface area contributed by atoms with E-state index in [1.807, 2.05) is 12.1 Å². The predicted octanol–water partition coefficient (Wildman–Crippen LogP) is 2.49. The Morgan fingerprint density at radius 1 is 1.30 bits per heavy atom. The first-order valence-corrected chi connectivity index (χ1v) is 8.80. The number of hydrogen-bond acceptors (Lipinski definition) is 3. The Labute approximate surface area is 121 Å². The Kier molecular flexibility index (Phi) is 5.57. The zero-order valence-electron chi connectivity index (χ0n) is 12.0. The first-order valence-electron chi connectivity index (χ1n) is 7.32. The molecule has 0 aromatic heterocycles. The van der Waals surface area contributed by atoms with Crippen LogP contribution in [0.2, 0.25) is 0 Å². The van der Waals surface area contributed by atoms with E-state index in [4.69, 9.17) is 4.74 Å². The maximum atomic E-state index is 12.1. The molecule has 1 N–H and O–H groups in total. The molecule has 0 amide bonds. The van der Waals surface area contributed by atoms with E-state index in [2.05, 4.69) is 11.6 Å². The second-order valence-corrected chi connectivity index (χ2v) is 7.00. The minimum Gasteiger partial charge on any atom is -0.377 e. The fraction of sp³-hybridized carbons (Fsp3) is 0.600. The minimum atomic E-state index is -3.42. The van der Waals surface area contributed by atoms with Crippen LogP contribution >= 0.6 is 0 Å². The van der Waals surface area contributed by atoms with Gasteiger partial charge in [0, 0.05) is 13.2 Å². The second-order valence-electron chi connectivity index (χ2n) is 5.23. The third kappa shape index (κ3) is 4.30. The maximum absolute atomic E-state index is 12.1. The van der Waals surface area contributed by atoms with Gasteiger partial charge in [-0.15, -0.1) is 0 Å². The summed E-state index contributed by atoms with van der Waals surface area (Å²) >= 11 is 0. The molecule has 1 aromatic rings. The summed E-state index contributed by atoms with van der Waals surface area (Å²) < 4.78 is 32.3. The Bertz CT molecular complexity index is 504. The molecule has 112 valence electrons. The SMILES string of the molecule is CCCCc1ccc(S(=O)(=O)NCC2CCCO2)cc1. The molecule has 0 aliphatic carbocycles. The molecule has 1 aliphatic rings. The van der Waals surface area contributed by atoms with Gasteiger partial charge in [0.1, 0.15) is 0 Å². The molecular formula is C15H23NO3S. The molecule has 1 atom stereocenters. The van der Waals surface area contributed by atoms with Gasteiger partial charge in [0.2, 0.25) is 10.0 Å². The van der Waals surface area contributed by atoms with Crippen LogP contribution in [-0.4, -0.2) is 27.7 Å². The first kappa shape index (κ1) is 15.5. The van der Waals surface area contributed by atoms with Crippen LogP contribution < -0.4 is 4.72 Å². The van der Waals surface area contributed by atoms with Crippen molar-refractivity contribution in [3.05, 3.63) is 29.8 Å².